The van der Waals surface area contributed by atoms with E-state index in [0.29, 0.717) is 10.8 Å². The fourth-order valence-electron chi connectivity index (χ4n) is 3.69. The molecule has 0 spiro atoms. The van der Waals surface area contributed by atoms with E-state index in [1.807, 2.05) is 26.0 Å². The summed E-state index contributed by atoms with van der Waals surface area (Å²) < 4.78 is 0. The Balaban J connectivity index is 1.96. The number of carbonyl (C=O) groups is 1. The van der Waals surface area contributed by atoms with E-state index in [1.165, 1.54) is 22.5 Å². The largest absolute Gasteiger partial charge is 0.321 e. The third-order valence-electron chi connectivity index (χ3n) is 4.50. The van der Waals surface area contributed by atoms with Crippen LogP contribution in [0.3, 0.4) is 0 Å². The van der Waals surface area contributed by atoms with Gasteiger partial charge in [0.1, 0.15) is 4.88 Å². The maximum atomic E-state index is 12.6. The number of thiazole rings is 1. The summed E-state index contributed by atoms with van der Waals surface area (Å²) in [5.41, 5.74) is 4.58. The molecular weight excluding hydrogens is 292 g/mol. The highest BCUT2D eigenvalue weighted by molar-refractivity contribution is 7.13. The maximum absolute atomic E-state index is 12.6. The first-order valence-corrected chi connectivity index (χ1v) is 8.50. The average Bonchev–Trinajstić information content (AvgIpc) is 2.87. The zero-order valence-corrected chi connectivity index (χ0v) is 14.6. The second kappa shape index (κ2) is 5.20. The van der Waals surface area contributed by atoms with Gasteiger partial charge < -0.3 is 5.32 Å². The number of nitrogens with one attached hydrogen (secondary N) is 1. The fraction of sp³-hybridized carbons (Fsp3) is 0.444. The van der Waals surface area contributed by atoms with Crippen LogP contribution in [0.15, 0.2) is 18.2 Å². The monoisotopic (exact) mass is 314 g/mol. The molecule has 4 heteroatoms. The van der Waals surface area contributed by atoms with E-state index in [9.17, 15) is 4.79 Å². The third-order valence-corrected chi connectivity index (χ3v) is 5.57. The van der Waals surface area contributed by atoms with Crippen LogP contribution < -0.4 is 5.32 Å². The second-order valence-electron chi connectivity index (χ2n) is 6.86. The summed E-state index contributed by atoms with van der Waals surface area (Å²) in [5, 5.41) is 4.04. The van der Waals surface area contributed by atoms with Gasteiger partial charge in [-0.15, -0.1) is 11.3 Å². The molecular formula is C18H22N2OS. The van der Waals surface area contributed by atoms with Crippen molar-refractivity contribution in [2.45, 2.75) is 52.4 Å². The Hall–Kier alpha value is -1.68. The number of hydrogen-bond acceptors (Lipinski definition) is 3. The van der Waals surface area contributed by atoms with Crippen LogP contribution in [0.4, 0.5) is 5.69 Å². The van der Waals surface area contributed by atoms with E-state index in [2.05, 4.69) is 37.1 Å². The zero-order valence-electron chi connectivity index (χ0n) is 13.8. The van der Waals surface area contributed by atoms with Gasteiger partial charge in [0.15, 0.2) is 0 Å². The average molecular weight is 314 g/mol. The van der Waals surface area contributed by atoms with Crippen LogP contribution in [0.5, 0.6) is 0 Å². The quantitative estimate of drug-likeness (QED) is 0.865. The van der Waals surface area contributed by atoms with E-state index in [-0.39, 0.29) is 11.3 Å². The minimum absolute atomic E-state index is 0.0478. The Kier molecular flexibility index (Phi) is 3.60. The van der Waals surface area contributed by atoms with Crippen molar-refractivity contribution in [3.05, 3.63) is 44.9 Å². The Morgan fingerprint density at radius 1 is 1.36 bits per heavy atom. The van der Waals surface area contributed by atoms with Gasteiger partial charge in [0, 0.05) is 5.69 Å². The van der Waals surface area contributed by atoms with Crippen molar-refractivity contribution in [2.75, 3.05) is 5.32 Å². The zero-order chi connectivity index (χ0) is 16.1. The lowest BCUT2D eigenvalue weighted by molar-refractivity contribution is 0.102. The molecule has 1 aliphatic carbocycles. The van der Waals surface area contributed by atoms with Gasteiger partial charge >= 0.3 is 0 Å². The Bertz CT molecular complexity index is 746. The number of amides is 1. The standard InChI is InChI=1S/C18H22N2OS/c1-10-9-18(4,5)13-7-6-8-14(15(10)13)20-17(21)16-11(2)19-12(3)22-16/h6-8,10H,9H2,1-5H3,(H,20,21). The molecule has 1 heterocycles. The van der Waals surface area contributed by atoms with Crippen molar-refractivity contribution in [3.63, 3.8) is 0 Å². The number of aryl methyl sites for hydroxylation is 2. The molecule has 1 aliphatic rings. The van der Waals surface area contributed by atoms with Crippen LogP contribution in [0.1, 0.15) is 64.6 Å². The number of anilines is 1. The molecule has 22 heavy (non-hydrogen) atoms. The number of rotatable bonds is 2. The topological polar surface area (TPSA) is 42.0 Å². The summed E-state index contributed by atoms with van der Waals surface area (Å²) in [6.45, 7) is 10.6. The van der Waals surface area contributed by atoms with Gasteiger partial charge in [0.2, 0.25) is 0 Å². The Labute approximate surface area is 135 Å². The predicted octanol–water partition coefficient (Wildman–Crippen LogP) is 4.80. The molecule has 1 aromatic carbocycles. The van der Waals surface area contributed by atoms with Gasteiger partial charge in [-0.05, 0) is 48.8 Å². The van der Waals surface area contributed by atoms with Crippen LogP contribution in [-0.2, 0) is 5.41 Å². The Morgan fingerprint density at radius 2 is 2.09 bits per heavy atom. The third kappa shape index (κ3) is 2.45. The lowest BCUT2D eigenvalue weighted by Gasteiger charge is -2.19. The number of nitrogens with zero attached hydrogens (tertiary/aromatic N) is 1. The molecule has 3 nitrogen and oxygen atoms in total. The smallest absolute Gasteiger partial charge is 0.267 e. The lowest BCUT2D eigenvalue weighted by Crippen LogP contribution is -2.14. The molecule has 0 aliphatic heterocycles. The summed E-state index contributed by atoms with van der Waals surface area (Å²) in [6.07, 6.45) is 1.12. The van der Waals surface area contributed by atoms with E-state index < -0.39 is 0 Å². The normalized spacial score (nSPS) is 19.0. The number of fused-ring (bicyclic) bond motifs is 1. The molecule has 3 rings (SSSR count). The molecule has 0 bridgehead atoms. The van der Waals surface area contributed by atoms with Gasteiger partial charge in [-0.25, -0.2) is 4.98 Å². The SMILES string of the molecule is Cc1nc(C)c(C(=O)Nc2cccc3c2C(C)CC3(C)C)s1. The molecule has 0 saturated heterocycles. The summed E-state index contributed by atoms with van der Waals surface area (Å²) in [6, 6.07) is 6.24. The number of benzene rings is 1. The molecule has 116 valence electrons. The van der Waals surface area contributed by atoms with Gasteiger partial charge in [-0.2, -0.15) is 0 Å². The molecule has 1 unspecified atom stereocenters. The van der Waals surface area contributed by atoms with Crippen molar-refractivity contribution in [1.82, 2.24) is 4.98 Å². The van der Waals surface area contributed by atoms with E-state index >= 15 is 0 Å². The van der Waals surface area contributed by atoms with Crippen LogP contribution in [-0.4, -0.2) is 10.9 Å². The highest BCUT2D eigenvalue weighted by atomic mass is 32.1. The highest BCUT2D eigenvalue weighted by Crippen LogP contribution is 2.48. The predicted molar refractivity (Wildman–Crippen MR) is 92.0 cm³/mol. The Morgan fingerprint density at radius 3 is 2.73 bits per heavy atom. The van der Waals surface area contributed by atoms with Crippen molar-refractivity contribution in [2.24, 2.45) is 0 Å². The molecule has 1 atom stereocenters. The van der Waals surface area contributed by atoms with E-state index in [1.54, 1.807) is 0 Å². The van der Waals surface area contributed by atoms with Crippen molar-refractivity contribution >= 4 is 22.9 Å². The van der Waals surface area contributed by atoms with Gasteiger partial charge in [-0.3, -0.25) is 4.79 Å². The highest BCUT2D eigenvalue weighted by Gasteiger charge is 2.36. The first-order chi connectivity index (χ1) is 10.3. The second-order valence-corrected chi connectivity index (χ2v) is 8.06. The summed E-state index contributed by atoms with van der Waals surface area (Å²) >= 11 is 1.45. The number of carbonyl (C=O) groups excluding carboxylic acids is 1. The summed E-state index contributed by atoms with van der Waals surface area (Å²) in [5.74, 6) is 0.416. The first kappa shape index (κ1) is 15.2. The van der Waals surface area contributed by atoms with E-state index in [0.717, 1.165) is 22.8 Å². The summed E-state index contributed by atoms with van der Waals surface area (Å²) in [7, 11) is 0. The molecule has 1 amide bonds. The van der Waals surface area contributed by atoms with Crippen molar-refractivity contribution < 1.29 is 4.79 Å². The van der Waals surface area contributed by atoms with Crippen molar-refractivity contribution in [3.8, 4) is 0 Å². The fourth-order valence-corrected chi connectivity index (χ4v) is 4.51. The molecule has 0 saturated carbocycles. The molecule has 0 radical (unpaired) electrons. The first-order valence-electron chi connectivity index (χ1n) is 7.68. The van der Waals surface area contributed by atoms with Crippen LogP contribution in [0.25, 0.3) is 0 Å². The molecule has 1 aromatic heterocycles. The summed E-state index contributed by atoms with van der Waals surface area (Å²) in [4.78, 5) is 17.6. The minimum atomic E-state index is -0.0478. The van der Waals surface area contributed by atoms with Gasteiger partial charge in [0.05, 0.1) is 10.7 Å². The number of aromatic nitrogens is 1. The molecule has 0 fully saturated rings. The maximum Gasteiger partial charge on any atom is 0.267 e. The van der Waals surface area contributed by atoms with Crippen LogP contribution in [0, 0.1) is 13.8 Å². The molecule has 1 N–H and O–H groups in total. The lowest BCUT2D eigenvalue weighted by atomic mass is 9.86. The number of hydrogen-bond donors (Lipinski definition) is 1. The van der Waals surface area contributed by atoms with Crippen LogP contribution in [0.2, 0.25) is 0 Å². The van der Waals surface area contributed by atoms with E-state index in [4.69, 9.17) is 0 Å². The van der Waals surface area contributed by atoms with Gasteiger partial charge in [-0.1, -0.05) is 32.9 Å². The van der Waals surface area contributed by atoms with Crippen LogP contribution >= 0.6 is 11.3 Å². The van der Waals surface area contributed by atoms with Crippen molar-refractivity contribution in [1.29, 1.82) is 0 Å². The van der Waals surface area contributed by atoms with Gasteiger partial charge in [0.25, 0.3) is 5.91 Å². The minimum Gasteiger partial charge on any atom is -0.321 e. The molecule has 2 aromatic rings.